The fraction of sp³-hybridized carbons (Fsp3) is 0.318. The fourth-order valence-corrected chi connectivity index (χ4v) is 5.12. The molecule has 0 bridgehead atoms. The molecule has 1 aromatic heterocycles. The highest BCUT2D eigenvalue weighted by molar-refractivity contribution is 7.89. The maximum absolute atomic E-state index is 13.4. The second-order valence-electron chi connectivity index (χ2n) is 7.66. The van der Waals surface area contributed by atoms with E-state index >= 15 is 0 Å². The summed E-state index contributed by atoms with van der Waals surface area (Å²) in [4.78, 5) is 18.3. The number of ether oxygens (including phenoxy) is 1. The number of fused-ring (bicyclic) bond motifs is 1. The van der Waals surface area contributed by atoms with Crippen molar-refractivity contribution in [1.82, 2.24) is 14.6 Å². The van der Waals surface area contributed by atoms with Crippen LogP contribution in [0.1, 0.15) is 12.5 Å². The summed E-state index contributed by atoms with van der Waals surface area (Å²) >= 11 is 5.89. The third-order valence-electron chi connectivity index (χ3n) is 5.37. The number of aromatic amines is 1. The lowest BCUT2D eigenvalue weighted by atomic mass is 10.0. The molecule has 0 spiro atoms. The lowest BCUT2D eigenvalue weighted by Crippen LogP contribution is -2.54. The number of para-hydroxylation sites is 1. The third kappa shape index (κ3) is 4.93. The molecule has 3 aromatic rings. The number of halogens is 1. The Morgan fingerprint density at radius 3 is 2.74 bits per heavy atom. The van der Waals surface area contributed by atoms with E-state index in [1.807, 2.05) is 37.4 Å². The van der Waals surface area contributed by atoms with E-state index in [1.54, 1.807) is 4.90 Å². The van der Waals surface area contributed by atoms with Crippen LogP contribution in [0.5, 0.6) is 0 Å². The van der Waals surface area contributed by atoms with Gasteiger partial charge in [-0.1, -0.05) is 29.8 Å². The third-order valence-corrected chi connectivity index (χ3v) is 7.11. The molecule has 0 radical (unpaired) electrons. The molecule has 4 rings (SSSR count). The van der Waals surface area contributed by atoms with Crippen molar-refractivity contribution in [2.75, 3.05) is 19.7 Å². The van der Waals surface area contributed by atoms with Crippen LogP contribution in [0.2, 0.25) is 5.02 Å². The van der Waals surface area contributed by atoms with E-state index in [0.29, 0.717) is 24.7 Å². The maximum Gasteiger partial charge on any atom is 0.241 e. The second kappa shape index (κ2) is 9.00. The van der Waals surface area contributed by atoms with Crippen LogP contribution < -0.4 is 4.72 Å². The van der Waals surface area contributed by atoms with Gasteiger partial charge in [0.15, 0.2) is 0 Å². The molecule has 2 heterocycles. The second-order valence-corrected chi connectivity index (χ2v) is 9.81. The van der Waals surface area contributed by atoms with Crippen molar-refractivity contribution in [1.29, 1.82) is 0 Å². The molecule has 9 heteroatoms. The minimum absolute atomic E-state index is 0.0592. The van der Waals surface area contributed by atoms with Crippen molar-refractivity contribution < 1.29 is 17.9 Å². The van der Waals surface area contributed by atoms with Gasteiger partial charge in [-0.2, -0.15) is 4.72 Å². The van der Waals surface area contributed by atoms with E-state index in [4.69, 9.17) is 16.3 Å². The van der Waals surface area contributed by atoms with Gasteiger partial charge in [-0.3, -0.25) is 4.79 Å². The number of H-pyrrole nitrogens is 1. The Kier molecular flexibility index (Phi) is 6.34. The molecule has 2 unspecified atom stereocenters. The highest BCUT2D eigenvalue weighted by Crippen LogP contribution is 2.21. The molecule has 2 N–H and O–H groups in total. The molecule has 0 aliphatic carbocycles. The number of benzene rings is 2. The van der Waals surface area contributed by atoms with Crippen LogP contribution in [0.3, 0.4) is 0 Å². The zero-order chi connectivity index (χ0) is 22.0. The highest BCUT2D eigenvalue weighted by Gasteiger charge is 2.32. The summed E-state index contributed by atoms with van der Waals surface area (Å²) in [6.45, 7) is 3.17. The maximum atomic E-state index is 13.4. The lowest BCUT2D eigenvalue weighted by molar-refractivity contribution is -0.139. The van der Waals surface area contributed by atoms with Crippen LogP contribution >= 0.6 is 11.6 Å². The largest absolute Gasteiger partial charge is 0.375 e. The number of hydrogen-bond acceptors (Lipinski definition) is 4. The van der Waals surface area contributed by atoms with Crippen molar-refractivity contribution in [3.8, 4) is 0 Å². The summed E-state index contributed by atoms with van der Waals surface area (Å²) in [5.74, 6) is -0.266. The molecular formula is C22H24ClN3O4S. The topological polar surface area (TPSA) is 91.5 Å². The minimum Gasteiger partial charge on any atom is -0.375 e. The molecule has 1 amide bonds. The monoisotopic (exact) mass is 461 g/mol. The number of amides is 1. The zero-order valence-corrected chi connectivity index (χ0v) is 18.6. The summed E-state index contributed by atoms with van der Waals surface area (Å²) < 4.78 is 34.2. The average Bonchev–Trinajstić information content (AvgIpc) is 3.16. The Morgan fingerprint density at radius 1 is 1.26 bits per heavy atom. The van der Waals surface area contributed by atoms with Crippen molar-refractivity contribution in [2.24, 2.45) is 0 Å². The standard InChI is InChI=1S/C22H24ClN3O4S/c1-15-14-26(10-11-30-15)22(27)21(12-16-13-24-20-5-3-2-4-19(16)20)25-31(28,29)18-8-6-17(23)7-9-18/h2-9,13,15,21,24-25H,10-12,14H2,1H3. The van der Waals surface area contributed by atoms with Gasteiger partial charge >= 0.3 is 0 Å². The van der Waals surface area contributed by atoms with Crippen LogP contribution in [0.15, 0.2) is 59.6 Å². The number of nitrogens with one attached hydrogen (secondary N) is 2. The first-order valence-corrected chi connectivity index (χ1v) is 11.9. The summed E-state index contributed by atoms with van der Waals surface area (Å²) in [6, 6.07) is 12.6. The number of carbonyl (C=O) groups is 1. The van der Waals surface area contributed by atoms with E-state index in [2.05, 4.69) is 9.71 Å². The van der Waals surface area contributed by atoms with Crippen LogP contribution in [0.4, 0.5) is 0 Å². The summed E-state index contributed by atoms with van der Waals surface area (Å²) in [7, 11) is -3.93. The summed E-state index contributed by atoms with van der Waals surface area (Å²) in [5.41, 5.74) is 1.80. The SMILES string of the molecule is CC1CN(C(=O)C(Cc2c[nH]c3ccccc23)NS(=O)(=O)c2ccc(Cl)cc2)CCO1. The van der Waals surface area contributed by atoms with E-state index in [9.17, 15) is 13.2 Å². The zero-order valence-electron chi connectivity index (χ0n) is 17.0. The van der Waals surface area contributed by atoms with Gasteiger partial charge in [-0.15, -0.1) is 0 Å². The molecule has 1 fully saturated rings. The molecule has 7 nitrogen and oxygen atoms in total. The Balaban J connectivity index is 1.64. The van der Waals surface area contributed by atoms with E-state index in [1.165, 1.54) is 24.3 Å². The molecule has 1 saturated heterocycles. The van der Waals surface area contributed by atoms with Gasteiger partial charge < -0.3 is 14.6 Å². The van der Waals surface area contributed by atoms with Gasteiger partial charge in [0, 0.05) is 35.2 Å². The van der Waals surface area contributed by atoms with Crippen LogP contribution in [-0.2, 0) is 26.0 Å². The van der Waals surface area contributed by atoms with Gasteiger partial charge in [0.2, 0.25) is 15.9 Å². The Bertz CT molecular complexity index is 1180. The minimum atomic E-state index is -3.93. The van der Waals surface area contributed by atoms with Crippen molar-refractivity contribution in [2.45, 2.75) is 30.4 Å². The van der Waals surface area contributed by atoms with Crippen LogP contribution in [0, 0.1) is 0 Å². The fourth-order valence-electron chi connectivity index (χ4n) is 3.81. The van der Waals surface area contributed by atoms with Crippen molar-refractivity contribution in [3.63, 3.8) is 0 Å². The van der Waals surface area contributed by atoms with Gasteiger partial charge in [0.25, 0.3) is 0 Å². The lowest BCUT2D eigenvalue weighted by Gasteiger charge is -2.33. The van der Waals surface area contributed by atoms with Crippen LogP contribution in [-0.4, -0.2) is 56.1 Å². The van der Waals surface area contributed by atoms with E-state index in [-0.39, 0.29) is 23.3 Å². The number of carbonyl (C=O) groups excluding carboxylic acids is 1. The number of nitrogens with zero attached hydrogens (tertiary/aromatic N) is 1. The normalized spacial score (nSPS) is 18.3. The Hall–Kier alpha value is -2.39. The van der Waals surface area contributed by atoms with Gasteiger partial charge in [0.05, 0.1) is 17.6 Å². The first-order valence-electron chi connectivity index (χ1n) is 10.1. The predicted molar refractivity (Wildman–Crippen MR) is 120 cm³/mol. The molecular weight excluding hydrogens is 438 g/mol. The number of aromatic nitrogens is 1. The smallest absolute Gasteiger partial charge is 0.241 e. The first-order chi connectivity index (χ1) is 14.8. The summed E-state index contributed by atoms with van der Waals surface area (Å²) in [6.07, 6.45) is 1.95. The van der Waals surface area contributed by atoms with E-state index < -0.39 is 16.1 Å². The number of morpholine rings is 1. The molecule has 31 heavy (non-hydrogen) atoms. The molecule has 164 valence electrons. The molecule has 0 saturated carbocycles. The Morgan fingerprint density at radius 2 is 2.00 bits per heavy atom. The highest BCUT2D eigenvalue weighted by atomic mass is 35.5. The molecule has 1 aliphatic rings. The molecule has 2 atom stereocenters. The van der Waals surface area contributed by atoms with E-state index in [0.717, 1.165) is 16.5 Å². The molecule has 1 aliphatic heterocycles. The molecule has 2 aromatic carbocycles. The first kappa shape index (κ1) is 21.8. The van der Waals surface area contributed by atoms with Crippen molar-refractivity contribution >= 4 is 38.4 Å². The van der Waals surface area contributed by atoms with Gasteiger partial charge in [-0.25, -0.2) is 8.42 Å². The number of rotatable bonds is 6. The number of sulfonamides is 1. The van der Waals surface area contributed by atoms with Gasteiger partial charge in [0.1, 0.15) is 6.04 Å². The van der Waals surface area contributed by atoms with Crippen molar-refractivity contribution in [3.05, 3.63) is 65.3 Å². The quantitative estimate of drug-likeness (QED) is 0.590. The Labute approximate surface area is 186 Å². The average molecular weight is 462 g/mol. The summed E-state index contributed by atoms with van der Waals surface area (Å²) in [5, 5.41) is 1.40. The van der Waals surface area contributed by atoms with Gasteiger partial charge in [-0.05, 0) is 49.2 Å². The predicted octanol–water partition coefficient (Wildman–Crippen LogP) is 2.96. The van der Waals surface area contributed by atoms with Crippen LogP contribution in [0.25, 0.3) is 10.9 Å². The number of hydrogen-bond donors (Lipinski definition) is 2.